The first kappa shape index (κ1) is 12.1. The van der Waals surface area contributed by atoms with E-state index in [1.165, 1.54) is 0 Å². The first-order chi connectivity index (χ1) is 6.70. The summed E-state index contributed by atoms with van der Waals surface area (Å²) in [5, 5.41) is 0. The summed E-state index contributed by atoms with van der Waals surface area (Å²) in [5.74, 6) is -1.10. The second-order valence-corrected chi connectivity index (χ2v) is 4.42. The molecule has 0 radical (unpaired) electrons. The lowest BCUT2D eigenvalue weighted by Gasteiger charge is -2.09. The molecule has 1 aromatic heterocycles. The van der Waals surface area contributed by atoms with Crippen molar-refractivity contribution in [2.45, 2.75) is 6.18 Å². The molecule has 0 amide bonds. The predicted molar refractivity (Wildman–Crippen MR) is 44.6 cm³/mol. The molecule has 0 N–H and O–H groups in total. The molecule has 1 heterocycles. The number of hydrogen-bond donors (Lipinski definition) is 0. The summed E-state index contributed by atoms with van der Waals surface area (Å²) >= 11 is 0. The van der Waals surface area contributed by atoms with Crippen molar-refractivity contribution in [1.29, 1.82) is 0 Å². The van der Waals surface area contributed by atoms with Gasteiger partial charge >= 0.3 is 15.5 Å². The number of nitrogens with zero attached hydrogens (tertiary/aromatic N) is 1. The van der Waals surface area contributed by atoms with Gasteiger partial charge in [0.1, 0.15) is 5.56 Å². The number of aromatic nitrogens is 1. The lowest BCUT2D eigenvalue weighted by atomic mass is 10.3. The molecule has 1 aromatic rings. The highest BCUT2D eigenvalue weighted by molar-refractivity contribution is 8.10. The van der Waals surface area contributed by atoms with Crippen LogP contribution in [0.15, 0.2) is 18.3 Å². The minimum absolute atomic E-state index is 0.629. The average molecular weight is 262 g/mol. The van der Waals surface area contributed by atoms with E-state index in [2.05, 4.69) is 19.8 Å². The molecule has 0 aliphatic carbocycles. The second-order valence-electron chi connectivity index (χ2n) is 2.33. The molecular formula is C6H3ClF3NO3S. The topological polar surface area (TPSA) is 56.3 Å². The van der Waals surface area contributed by atoms with Crippen LogP contribution in [0.5, 0.6) is 5.88 Å². The van der Waals surface area contributed by atoms with Gasteiger partial charge in [-0.2, -0.15) is 21.6 Å². The van der Waals surface area contributed by atoms with Crippen molar-refractivity contribution in [1.82, 2.24) is 4.98 Å². The summed E-state index contributed by atoms with van der Waals surface area (Å²) in [6, 6.07) is 1.63. The van der Waals surface area contributed by atoms with Crippen LogP contribution in [0.3, 0.4) is 0 Å². The van der Waals surface area contributed by atoms with Gasteiger partial charge < -0.3 is 4.18 Å². The van der Waals surface area contributed by atoms with Crippen LogP contribution >= 0.6 is 10.7 Å². The smallest absolute Gasteiger partial charge is 0.349 e. The monoisotopic (exact) mass is 261 g/mol. The molecule has 0 spiro atoms. The van der Waals surface area contributed by atoms with Crippen LogP contribution in [0.2, 0.25) is 0 Å². The van der Waals surface area contributed by atoms with Gasteiger partial charge in [0.05, 0.1) is 10.7 Å². The second kappa shape index (κ2) is 3.86. The van der Waals surface area contributed by atoms with Crippen molar-refractivity contribution in [2.24, 2.45) is 0 Å². The zero-order valence-electron chi connectivity index (χ0n) is 6.82. The number of hydrogen-bond acceptors (Lipinski definition) is 4. The fourth-order valence-electron chi connectivity index (χ4n) is 0.767. The van der Waals surface area contributed by atoms with Crippen LogP contribution in [0.25, 0.3) is 0 Å². The Hall–Kier alpha value is -1.02. The maximum atomic E-state index is 12.3. The van der Waals surface area contributed by atoms with Crippen LogP contribution in [0, 0.1) is 0 Å². The highest BCUT2D eigenvalue weighted by Crippen LogP contribution is 2.35. The minimum Gasteiger partial charge on any atom is -0.349 e. The molecule has 0 aliphatic rings. The Labute approximate surface area is 87.3 Å². The third-order valence-electron chi connectivity index (χ3n) is 1.26. The predicted octanol–water partition coefficient (Wildman–Crippen LogP) is 1.96. The summed E-state index contributed by atoms with van der Waals surface area (Å²) in [6.45, 7) is 0. The van der Waals surface area contributed by atoms with Crippen molar-refractivity contribution in [3.8, 4) is 5.88 Å². The van der Waals surface area contributed by atoms with Gasteiger partial charge in [0.15, 0.2) is 0 Å². The lowest BCUT2D eigenvalue weighted by Crippen LogP contribution is -2.11. The quantitative estimate of drug-likeness (QED) is 0.764. The number of halogens is 4. The Bertz CT molecular complexity index is 459. The maximum Gasteiger partial charge on any atom is 0.421 e. The zero-order chi connectivity index (χ0) is 11.7. The van der Waals surface area contributed by atoms with Crippen molar-refractivity contribution >= 4 is 20.0 Å². The average Bonchev–Trinajstić information content (AvgIpc) is 1.99. The van der Waals surface area contributed by atoms with Gasteiger partial charge in [-0.1, -0.05) is 0 Å². The third kappa shape index (κ3) is 3.56. The summed E-state index contributed by atoms with van der Waals surface area (Å²) < 4.78 is 61.5. The molecule has 0 aromatic carbocycles. The lowest BCUT2D eigenvalue weighted by molar-refractivity contribution is -0.138. The van der Waals surface area contributed by atoms with E-state index in [4.69, 9.17) is 0 Å². The Kier molecular flexibility index (Phi) is 3.10. The van der Waals surface area contributed by atoms with E-state index < -0.39 is 27.0 Å². The third-order valence-corrected chi connectivity index (χ3v) is 1.80. The molecule has 84 valence electrons. The van der Waals surface area contributed by atoms with Crippen LogP contribution in [0.1, 0.15) is 5.56 Å². The molecule has 9 heteroatoms. The van der Waals surface area contributed by atoms with Gasteiger partial charge in [0.25, 0.3) is 0 Å². The van der Waals surface area contributed by atoms with Gasteiger partial charge in [-0.25, -0.2) is 4.98 Å². The molecule has 0 saturated heterocycles. The van der Waals surface area contributed by atoms with Gasteiger partial charge in [-0.05, 0) is 12.1 Å². The van der Waals surface area contributed by atoms with Crippen LogP contribution in [-0.2, 0) is 15.5 Å². The Morgan fingerprint density at radius 3 is 2.47 bits per heavy atom. The normalized spacial score (nSPS) is 12.5. The van der Waals surface area contributed by atoms with E-state index >= 15 is 0 Å². The van der Waals surface area contributed by atoms with E-state index in [9.17, 15) is 21.6 Å². The maximum absolute atomic E-state index is 12.3. The van der Waals surface area contributed by atoms with E-state index in [1.807, 2.05) is 0 Å². The summed E-state index contributed by atoms with van der Waals surface area (Å²) in [5.41, 5.74) is -1.31. The zero-order valence-corrected chi connectivity index (χ0v) is 8.40. The Morgan fingerprint density at radius 2 is 2.00 bits per heavy atom. The molecule has 1 rings (SSSR count). The van der Waals surface area contributed by atoms with Crippen LogP contribution < -0.4 is 4.18 Å². The summed E-state index contributed by atoms with van der Waals surface area (Å²) in [4.78, 5) is 3.12. The van der Waals surface area contributed by atoms with Gasteiger partial charge in [0.2, 0.25) is 5.88 Å². The Morgan fingerprint density at radius 1 is 1.40 bits per heavy atom. The largest absolute Gasteiger partial charge is 0.421 e. The molecule has 15 heavy (non-hydrogen) atoms. The minimum atomic E-state index is -4.76. The van der Waals surface area contributed by atoms with Gasteiger partial charge in [0, 0.05) is 6.20 Å². The number of rotatable bonds is 2. The fourth-order valence-corrected chi connectivity index (χ4v) is 1.27. The SMILES string of the molecule is O=S(=O)(Cl)Oc1ncccc1C(F)(F)F. The molecule has 0 fully saturated rings. The molecular weight excluding hydrogens is 259 g/mol. The van der Waals surface area contributed by atoms with E-state index in [1.54, 1.807) is 0 Å². The standard InChI is InChI=1S/C6H3ClF3NO3S/c7-15(12,13)14-5-4(6(8,9)10)2-1-3-11-5/h1-3H. The van der Waals surface area contributed by atoms with Crippen LogP contribution in [0.4, 0.5) is 13.2 Å². The molecule has 0 unspecified atom stereocenters. The first-order valence-corrected chi connectivity index (χ1v) is 5.60. The van der Waals surface area contributed by atoms with Gasteiger partial charge in [-0.3, -0.25) is 0 Å². The Balaban J connectivity index is 3.19. The van der Waals surface area contributed by atoms with Crippen LogP contribution in [-0.4, -0.2) is 13.4 Å². The highest BCUT2D eigenvalue weighted by Gasteiger charge is 2.36. The first-order valence-electron chi connectivity index (χ1n) is 3.36. The van der Waals surface area contributed by atoms with E-state index in [-0.39, 0.29) is 0 Å². The highest BCUT2D eigenvalue weighted by atomic mass is 35.7. The number of alkyl halides is 3. The molecule has 0 aliphatic heterocycles. The van der Waals surface area contributed by atoms with Crippen molar-refractivity contribution in [3.05, 3.63) is 23.9 Å². The summed E-state index contributed by atoms with van der Waals surface area (Å²) in [6.07, 6.45) is -3.81. The number of pyridine rings is 1. The van der Waals surface area contributed by atoms with Crippen molar-refractivity contribution < 1.29 is 25.8 Å². The molecule has 0 saturated carbocycles. The van der Waals surface area contributed by atoms with Gasteiger partial charge in [-0.15, -0.1) is 0 Å². The summed E-state index contributed by atoms with van der Waals surface area (Å²) in [7, 11) is 0.0822. The van der Waals surface area contributed by atoms with Crippen molar-refractivity contribution in [3.63, 3.8) is 0 Å². The fraction of sp³-hybridized carbons (Fsp3) is 0.167. The van der Waals surface area contributed by atoms with E-state index in [0.717, 1.165) is 12.3 Å². The molecule has 4 nitrogen and oxygen atoms in total. The molecule has 0 atom stereocenters. The van der Waals surface area contributed by atoms with Crippen molar-refractivity contribution in [2.75, 3.05) is 0 Å². The molecule has 0 bridgehead atoms. The van der Waals surface area contributed by atoms with E-state index in [0.29, 0.717) is 6.07 Å².